The van der Waals surface area contributed by atoms with Crippen LogP contribution >= 0.6 is 21.6 Å². The Labute approximate surface area is 193 Å². The summed E-state index contributed by atoms with van der Waals surface area (Å²) in [5.41, 5.74) is 1.84. The Balaban J connectivity index is 2.26. The average molecular weight is 506 g/mol. The molecule has 2 N–H and O–H groups in total. The first-order valence-electron chi connectivity index (χ1n) is 9.69. The summed E-state index contributed by atoms with van der Waals surface area (Å²) in [5, 5.41) is 0.312. The molecular formula is C18H23N3O8S3. The number of aromatic nitrogens is 1. The predicted octanol–water partition coefficient (Wildman–Crippen LogP) is 2.06. The number of carbonyl (C=O) groups excluding carboxylic acids is 4. The minimum Gasteiger partial charge on any atom is -0.341 e. The van der Waals surface area contributed by atoms with Gasteiger partial charge in [0.1, 0.15) is 5.03 Å². The molecule has 32 heavy (non-hydrogen) atoms. The first kappa shape index (κ1) is 26.1. The highest BCUT2D eigenvalue weighted by Crippen LogP contribution is 2.49. The number of hydroxylamine groups is 1. The Hall–Kier alpha value is -2.16. The highest BCUT2D eigenvalue weighted by atomic mass is 33.1. The van der Waals surface area contributed by atoms with E-state index in [-0.39, 0.29) is 19.3 Å². The molecule has 1 aromatic heterocycles. The molecule has 0 saturated carbocycles. The zero-order chi connectivity index (χ0) is 23.8. The maximum Gasteiger partial charge on any atom is 0.332 e. The van der Waals surface area contributed by atoms with E-state index in [1.165, 1.54) is 12.3 Å². The van der Waals surface area contributed by atoms with Crippen molar-refractivity contribution in [1.29, 1.82) is 0 Å². The fraction of sp³-hybridized carbons (Fsp3) is 0.500. The molecule has 0 aliphatic carbocycles. The summed E-state index contributed by atoms with van der Waals surface area (Å²) in [5.74, 6) is -3.56. The van der Waals surface area contributed by atoms with Gasteiger partial charge in [-0.3, -0.25) is 18.9 Å². The number of rotatable bonds is 11. The zero-order valence-electron chi connectivity index (χ0n) is 17.2. The normalized spacial score (nSPS) is 16.0. The van der Waals surface area contributed by atoms with E-state index in [0.717, 1.165) is 23.6 Å². The molecule has 2 rings (SSSR count). The second-order valence-electron chi connectivity index (χ2n) is 6.78. The Kier molecular flexibility index (Phi) is 9.48. The molecule has 1 aliphatic heterocycles. The van der Waals surface area contributed by atoms with Gasteiger partial charge in [0.05, 0.1) is 6.42 Å². The lowest BCUT2D eigenvalue weighted by Gasteiger charge is -2.35. The topological polar surface area (TPSA) is 160 Å². The van der Waals surface area contributed by atoms with Gasteiger partial charge in [-0.05, 0) is 40.1 Å². The molecule has 0 bridgehead atoms. The van der Waals surface area contributed by atoms with Crippen molar-refractivity contribution in [3.05, 3.63) is 24.4 Å². The standard InChI is InChI=1S/C18H23N3O8S3/c1-2-3-4-8-17(25)29-20-13(22)12-18(32(26,27)28,21-15(23)9-10-16(21)24)31-30-14-7-5-6-11-19-14/h5-7,11H,2-4,8-10,12H2,1H3,(H,20,22)(H,26,27,28). The molecular weight excluding hydrogens is 482 g/mol. The molecule has 176 valence electrons. The first-order chi connectivity index (χ1) is 15.1. The van der Waals surface area contributed by atoms with Gasteiger partial charge in [0.25, 0.3) is 5.91 Å². The number of unbranched alkanes of at least 4 members (excludes halogenated alkanes) is 2. The van der Waals surface area contributed by atoms with Crippen LogP contribution in [0.15, 0.2) is 29.4 Å². The number of nitrogens with zero attached hydrogens (tertiary/aromatic N) is 2. The lowest BCUT2D eigenvalue weighted by Crippen LogP contribution is -2.56. The molecule has 1 aliphatic rings. The van der Waals surface area contributed by atoms with Crippen LogP contribution in [0, 0.1) is 0 Å². The monoisotopic (exact) mass is 505 g/mol. The van der Waals surface area contributed by atoms with E-state index in [1.807, 2.05) is 12.4 Å². The smallest absolute Gasteiger partial charge is 0.332 e. The SMILES string of the molecule is CCCCCC(=O)ONC(=O)CC(SSc1ccccn1)(N1C(=O)CCC1=O)S(=O)(=O)O. The number of hydrogen-bond acceptors (Lipinski definition) is 10. The molecule has 1 unspecified atom stereocenters. The van der Waals surface area contributed by atoms with Crippen LogP contribution in [0.2, 0.25) is 0 Å². The van der Waals surface area contributed by atoms with Crippen molar-refractivity contribution in [3.8, 4) is 0 Å². The number of pyridine rings is 1. The van der Waals surface area contributed by atoms with Crippen molar-refractivity contribution in [2.24, 2.45) is 0 Å². The Morgan fingerprint density at radius 3 is 2.50 bits per heavy atom. The van der Waals surface area contributed by atoms with Crippen LogP contribution in [0.3, 0.4) is 0 Å². The third-order valence-corrected chi connectivity index (χ3v) is 9.34. The number of nitrogens with one attached hydrogen (secondary N) is 1. The van der Waals surface area contributed by atoms with E-state index in [9.17, 15) is 32.1 Å². The van der Waals surface area contributed by atoms with E-state index < -0.39 is 44.4 Å². The molecule has 3 amide bonds. The summed E-state index contributed by atoms with van der Waals surface area (Å²) >= 11 is 0. The Bertz CT molecular complexity index is 941. The molecule has 1 atom stereocenters. The van der Waals surface area contributed by atoms with Crippen LogP contribution in [-0.4, -0.2) is 50.7 Å². The van der Waals surface area contributed by atoms with Crippen LogP contribution in [0.5, 0.6) is 0 Å². The highest BCUT2D eigenvalue weighted by Gasteiger charge is 2.57. The maximum atomic E-state index is 12.5. The van der Waals surface area contributed by atoms with E-state index >= 15 is 0 Å². The number of imide groups is 1. The molecule has 1 aromatic rings. The van der Waals surface area contributed by atoms with Gasteiger partial charge in [-0.2, -0.15) is 13.9 Å². The molecule has 0 spiro atoms. The average Bonchev–Trinajstić information content (AvgIpc) is 3.08. The van der Waals surface area contributed by atoms with Crippen LogP contribution in [0.25, 0.3) is 0 Å². The second kappa shape index (κ2) is 11.6. The molecule has 0 aromatic carbocycles. The summed E-state index contributed by atoms with van der Waals surface area (Å²) in [4.78, 5) is 57.9. The predicted molar refractivity (Wildman–Crippen MR) is 116 cm³/mol. The van der Waals surface area contributed by atoms with Gasteiger partial charge in [0.15, 0.2) is 0 Å². The lowest BCUT2D eigenvalue weighted by molar-refractivity contribution is -0.159. The number of likely N-dealkylation sites (tertiary alicyclic amines) is 1. The molecule has 1 saturated heterocycles. The van der Waals surface area contributed by atoms with Crippen molar-refractivity contribution >= 4 is 55.4 Å². The molecule has 11 nitrogen and oxygen atoms in total. The van der Waals surface area contributed by atoms with Crippen LogP contribution in [0.4, 0.5) is 0 Å². The largest absolute Gasteiger partial charge is 0.341 e. The summed E-state index contributed by atoms with van der Waals surface area (Å²) in [7, 11) is -4.03. The summed E-state index contributed by atoms with van der Waals surface area (Å²) in [6, 6.07) is 4.79. The van der Waals surface area contributed by atoms with Gasteiger partial charge in [-0.25, -0.2) is 14.7 Å². The van der Waals surface area contributed by atoms with Gasteiger partial charge in [0.2, 0.25) is 16.0 Å². The van der Waals surface area contributed by atoms with E-state index in [4.69, 9.17) is 0 Å². The molecule has 1 fully saturated rings. The lowest BCUT2D eigenvalue weighted by atomic mass is 10.2. The van der Waals surface area contributed by atoms with E-state index in [1.54, 1.807) is 12.1 Å². The van der Waals surface area contributed by atoms with Crippen LogP contribution in [0.1, 0.15) is 51.9 Å². The zero-order valence-corrected chi connectivity index (χ0v) is 19.6. The van der Waals surface area contributed by atoms with Gasteiger partial charge >= 0.3 is 16.1 Å². The number of hydrogen-bond donors (Lipinski definition) is 2. The van der Waals surface area contributed by atoms with Gasteiger partial charge in [0, 0.05) is 25.5 Å². The fourth-order valence-electron chi connectivity index (χ4n) is 2.78. The summed E-state index contributed by atoms with van der Waals surface area (Å²) in [6.45, 7) is 1.95. The first-order valence-corrected chi connectivity index (χ1v) is 13.3. The highest BCUT2D eigenvalue weighted by molar-refractivity contribution is 8.78. The minimum absolute atomic E-state index is 0.0466. The third-order valence-electron chi connectivity index (χ3n) is 4.34. The molecule has 2 heterocycles. The number of carbonyl (C=O) groups is 4. The second-order valence-corrected chi connectivity index (χ2v) is 11.1. The Morgan fingerprint density at radius 1 is 1.25 bits per heavy atom. The fourth-order valence-corrected chi connectivity index (χ4v) is 7.22. The van der Waals surface area contributed by atoms with Crippen LogP contribution < -0.4 is 5.48 Å². The molecule has 14 heteroatoms. The van der Waals surface area contributed by atoms with E-state index in [0.29, 0.717) is 27.1 Å². The minimum atomic E-state index is -5.20. The summed E-state index contributed by atoms with van der Waals surface area (Å²) in [6.07, 6.45) is 2.11. The van der Waals surface area contributed by atoms with Crippen molar-refractivity contribution in [3.63, 3.8) is 0 Å². The van der Waals surface area contributed by atoms with Gasteiger partial charge in [-0.15, -0.1) is 0 Å². The Morgan fingerprint density at radius 2 is 1.94 bits per heavy atom. The maximum absolute atomic E-state index is 12.5. The number of amides is 3. The quantitative estimate of drug-likeness (QED) is 0.149. The van der Waals surface area contributed by atoms with Crippen molar-refractivity contribution in [2.75, 3.05) is 0 Å². The van der Waals surface area contributed by atoms with Crippen LogP contribution in [-0.2, 0) is 34.1 Å². The van der Waals surface area contributed by atoms with Gasteiger partial charge < -0.3 is 4.84 Å². The van der Waals surface area contributed by atoms with Crippen molar-refractivity contribution in [1.82, 2.24) is 15.4 Å². The molecule has 0 radical (unpaired) electrons. The van der Waals surface area contributed by atoms with Gasteiger partial charge in [-0.1, -0.05) is 25.8 Å². The summed E-state index contributed by atoms with van der Waals surface area (Å²) < 4.78 is 32.3. The third kappa shape index (κ3) is 6.67. The van der Waals surface area contributed by atoms with E-state index in [2.05, 4.69) is 9.82 Å². The van der Waals surface area contributed by atoms with Crippen molar-refractivity contribution in [2.45, 2.75) is 61.1 Å². The van der Waals surface area contributed by atoms with Crippen molar-refractivity contribution < 1.29 is 37.0 Å².